The van der Waals surface area contributed by atoms with Crippen LogP contribution in [0.1, 0.15) is 32.6 Å². The quantitative estimate of drug-likeness (QED) is 0.708. The van der Waals surface area contributed by atoms with Crippen LogP contribution in [0.3, 0.4) is 0 Å². The molecule has 2 aliphatic rings. The molecular weight excluding hydrogens is 196 g/mol. The number of hydrogen-bond donors (Lipinski definition) is 1. The van der Waals surface area contributed by atoms with Gasteiger partial charge >= 0.3 is 5.97 Å². The van der Waals surface area contributed by atoms with Gasteiger partial charge in [-0.15, -0.1) is 0 Å². The smallest absolute Gasteiger partial charge is 0.314 e. The topological polar surface area (TPSA) is 55.8 Å². The highest BCUT2D eigenvalue weighted by Crippen LogP contribution is 2.44. The molecule has 4 nitrogen and oxygen atoms in total. The highest BCUT2D eigenvalue weighted by molar-refractivity contribution is 5.77. The van der Waals surface area contributed by atoms with Gasteiger partial charge < -0.3 is 14.6 Å². The monoisotopic (exact) mass is 214 g/mol. The van der Waals surface area contributed by atoms with Crippen LogP contribution in [-0.2, 0) is 14.3 Å². The van der Waals surface area contributed by atoms with Gasteiger partial charge in [-0.3, -0.25) is 4.79 Å². The normalized spacial score (nSPS) is 39.1. The van der Waals surface area contributed by atoms with E-state index in [1.54, 1.807) is 6.92 Å². The van der Waals surface area contributed by atoms with Gasteiger partial charge in [-0.2, -0.15) is 0 Å². The van der Waals surface area contributed by atoms with Gasteiger partial charge in [0.2, 0.25) is 0 Å². The molecule has 1 N–H and O–H groups in total. The molecule has 0 spiro atoms. The van der Waals surface area contributed by atoms with Crippen LogP contribution >= 0.6 is 0 Å². The van der Waals surface area contributed by atoms with Crippen LogP contribution in [0.5, 0.6) is 0 Å². The number of carbonyl (C=O) groups is 1. The molecule has 3 atom stereocenters. The number of rotatable bonds is 3. The summed E-state index contributed by atoms with van der Waals surface area (Å²) < 4.78 is 10.7. The van der Waals surface area contributed by atoms with Crippen LogP contribution in [0.15, 0.2) is 0 Å². The summed E-state index contributed by atoms with van der Waals surface area (Å²) in [5.74, 6) is -0.257. The Labute approximate surface area is 89.6 Å². The van der Waals surface area contributed by atoms with Gasteiger partial charge in [0, 0.05) is 0 Å². The van der Waals surface area contributed by atoms with E-state index in [1.165, 1.54) is 0 Å². The molecule has 2 heterocycles. The Kier molecular flexibility index (Phi) is 2.98. The molecule has 86 valence electrons. The van der Waals surface area contributed by atoms with Crippen molar-refractivity contribution in [2.75, 3.05) is 13.2 Å². The fourth-order valence-electron chi connectivity index (χ4n) is 2.68. The Morgan fingerprint density at radius 3 is 2.53 bits per heavy atom. The maximum atomic E-state index is 11.8. The van der Waals surface area contributed by atoms with Gasteiger partial charge in [-0.05, 0) is 32.6 Å². The van der Waals surface area contributed by atoms with Crippen LogP contribution in [0, 0.1) is 5.41 Å². The van der Waals surface area contributed by atoms with Crippen LogP contribution < -0.4 is 0 Å². The van der Waals surface area contributed by atoms with Crippen LogP contribution in [0.4, 0.5) is 0 Å². The van der Waals surface area contributed by atoms with Gasteiger partial charge in [-0.25, -0.2) is 0 Å². The van der Waals surface area contributed by atoms with Crippen molar-refractivity contribution in [2.45, 2.75) is 44.8 Å². The molecule has 0 radical (unpaired) electrons. The predicted molar refractivity (Wildman–Crippen MR) is 53.3 cm³/mol. The summed E-state index contributed by atoms with van der Waals surface area (Å²) >= 11 is 0. The first kappa shape index (κ1) is 10.9. The molecule has 1 unspecified atom stereocenters. The van der Waals surface area contributed by atoms with E-state index in [1.807, 2.05) is 0 Å². The van der Waals surface area contributed by atoms with Crippen molar-refractivity contribution < 1.29 is 19.4 Å². The molecule has 0 aromatic rings. The molecule has 0 amide bonds. The standard InChI is InChI=1S/C11H18O4/c1-2-14-10(13)11(7-12)5-8-3-4-9(6-11)15-8/h8-9,12H,2-7H2,1H3/t8-,9+,11?. The first-order valence-corrected chi connectivity index (χ1v) is 5.64. The van der Waals surface area contributed by atoms with E-state index in [2.05, 4.69) is 0 Å². The van der Waals surface area contributed by atoms with Crippen molar-refractivity contribution in [1.29, 1.82) is 0 Å². The predicted octanol–water partition coefficient (Wildman–Crippen LogP) is 0.870. The minimum absolute atomic E-state index is 0.123. The molecule has 2 rings (SSSR count). The fourth-order valence-corrected chi connectivity index (χ4v) is 2.68. The van der Waals surface area contributed by atoms with Crippen molar-refractivity contribution >= 4 is 5.97 Å². The Morgan fingerprint density at radius 2 is 2.07 bits per heavy atom. The molecule has 15 heavy (non-hydrogen) atoms. The number of ether oxygens (including phenoxy) is 2. The SMILES string of the molecule is CCOC(=O)C1(CO)C[C@H]2CC[C@@H](C1)O2. The van der Waals surface area contributed by atoms with E-state index in [0.29, 0.717) is 19.4 Å². The van der Waals surface area contributed by atoms with E-state index in [0.717, 1.165) is 12.8 Å². The Balaban J connectivity index is 2.11. The van der Waals surface area contributed by atoms with Gasteiger partial charge in [0.1, 0.15) is 0 Å². The van der Waals surface area contributed by atoms with Gasteiger partial charge in [0.25, 0.3) is 0 Å². The zero-order chi connectivity index (χ0) is 10.9. The molecule has 2 fully saturated rings. The van der Waals surface area contributed by atoms with Crippen molar-refractivity contribution in [2.24, 2.45) is 5.41 Å². The summed E-state index contributed by atoms with van der Waals surface area (Å²) in [6.45, 7) is 2.04. The number of hydrogen-bond acceptors (Lipinski definition) is 4. The molecule has 4 heteroatoms. The van der Waals surface area contributed by atoms with Crippen molar-refractivity contribution in [3.05, 3.63) is 0 Å². The highest BCUT2D eigenvalue weighted by Gasteiger charge is 2.50. The lowest BCUT2D eigenvalue weighted by atomic mass is 9.78. The minimum Gasteiger partial charge on any atom is -0.465 e. The molecule has 0 saturated carbocycles. The van der Waals surface area contributed by atoms with Crippen LogP contribution in [0.2, 0.25) is 0 Å². The third kappa shape index (κ3) is 1.88. The Hall–Kier alpha value is -0.610. The number of carbonyl (C=O) groups excluding carboxylic acids is 1. The summed E-state index contributed by atoms with van der Waals surface area (Å²) in [6, 6.07) is 0. The highest BCUT2D eigenvalue weighted by atomic mass is 16.5. The summed E-state index contributed by atoms with van der Waals surface area (Å²) in [6.07, 6.45) is 3.51. The Morgan fingerprint density at radius 1 is 1.47 bits per heavy atom. The number of esters is 1. The lowest BCUT2D eigenvalue weighted by Crippen LogP contribution is -2.45. The largest absolute Gasteiger partial charge is 0.465 e. The van der Waals surface area contributed by atoms with Gasteiger partial charge in [0.15, 0.2) is 0 Å². The lowest BCUT2D eigenvalue weighted by Gasteiger charge is -2.36. The number of aliphatic hydroxyl groups is 1. The van der Waals surface area contributed by atoms with Crippen molar-refractivity contribution in [1.82, 2.24) is 0 Å². The third-order valence-corrected chi connectivity index (χ3v) is 3.44. The molecule has 2 aliphatic heterocycles. The first-order chi connectivity index (χ1) is 7.20. The first-order valence-electron chi connectivity index (χ1n) is 5.64. The summed E-state index contributed by atoms with van der Waals surface area (Å²) in [7, 11) is 0. The molecular formula is C11H18O4. The van der Waals surface area contributed by atoms with E-state index in [4.69, 9.17) is 9.47 Å². The summed E-state index contributed by atoms with van der Waals surface area (Å²) in [5, 5.41) is 9.45. The molecule has 2 saturated heterocycles. The fraction of sp³-hybridized carbons (Fsp3) is 0.909. The minimum atomic E-state index is -0.694. The van der Waals surface area contributed by atoms with Gasteiger partial charge in [0.05, 0.1) is 30.8 Å². The second-order valence-corrected chi connectivity index (χ2v) is 4.52. The van der Waals surface area contributed by atoms with Gasteiger partial charge in [-0.1, -0.05) is 0 Å². The van der Waals surface area contributed by atoms with E-state index in [-0.39, 0.29) is 24.8 Å². The molecule has 0 aliphatic carbocycles. The molecule has 0 aromatic carbocycles. The number of aliphatic hydroxyl groups excluding tert-OH is 1. The second-order valence-electron chi connectivity index (χ2n) is 4.52. The zero-order valence-electron chi connectivity index (χ0n) is 9.07. The maximum Gasteiger partial charge on any atom is 0.314 e. The van der Waals surface area contributed by atoms with E-state index >= 15 is 0 Å². The second kappa shape index (κ2) is 4.10. The Bertz CT molecular complexity index is 239. The average molecular weight is 214 g/mol. The van der Waals surface area contributed by atoms with Crippen molar-refractivity contribution in [3.8, 4) is 0 Å². The van der Waals surface area contributed by atoms with Crippen molar-refractivity contribution in [3.63, 3.8) is 0 Å². The third-order valence-electron chi connectivity index (χ3n) is 3.44. The molecule has 2 bridgehead atoms. The van der Waals surface area contributed by atoms with Crippen LogP contribution in [-0.4, -0.2) is 36.5 Å². The van der Waals surface area contributed by atoms with E-state index < -0.39 is 5.41 Å². The van der Waals surface area contributed by atoms with E-state index in [9.17, 15) is 9.90 Å². The maximum absolute atomic E-state index is 11.8. The lowest BCUT2D eigenvalue weighted by molar-refractivity contribution is -0.170. The summed E-state index contributed by atoms with van der Waals surface area (Å²) in [4.78, 5) is 11.8. The zero-order valence-corrected chi connectivity index (χ0v) is 9.07. The number of fused-ring (bicyclic) bond motifs is 2. The average Bonchev–Trinajstić information content (AvgIpc) is 2.58. The van der Waals surface area contributed by atoms with Crippen LogP contribution in [0.25, 0.3) is 0 Å². The summed E-state index contributed by atoms with van der Waals surface area (Å²) in [5.41, 5.74) is -0.694. The molecule has 0 aromatic heterocycles.